The largest absolute Gasteiger partial charge is 0.352 e. The molecular formula is C14H19FN2O. The van der Waals surface area contributed by atoms with Crippen molar-refractivity contribution in [3.63, 3.8) is 0 Å². The summed E-state index contributed by atoms with van der Waals surface area (Å²) in [6.45, 7) is 2.43. The van der Waals surface area contributed by atoms with Gasteiger partial charge >= 0.3 is 0 Å². The fourth-order valence-electron chi connectivity index (χ4n) is 1.77. The Morgan fingerprint density at radius 3 is 2.83 bits per heavy atom. The summed E-state index contributed by atoms with van der Waals surface area (Å²) in [5, 5.41) is 6.05. The Labute approximate surface area is 107 Å². The van der Waals surface area contributed by atoms with E-state index in [-0.39, 0.29) is 17.8 Å². The Morgan fingerprint density at radius 1 is 1.44 bits per heavy atom. The molecule has 1 aliphatic carbocycles. The Hall–Kier alpha value is -1.42. The van der Waals surface area contributed by atoms with Crippen molar-refractivity contribution < 1.29 is 9.18 Å². The van der Waals surface area contributed by atoms with Gasteiger partial charge in [-0.3, -0.25) is 4.79 Å². The molecule has 0 aliphatic heterocycles. The van der Waals surface area contributed by atoms with Gasteiger partial charge < -0.3 is 10.6 Å². The molecular weight excluding hydrogens is 231 g/mol. The highest BCUT2D eigenvalue weighted by molar-refractivity contribution is 5.81. The highest BCUT2D eigenvalue weighted by Gasteiger charge is 2.25. The van der Waals surface area contributed by atoms with Crippen LogP contribution in [0.15, 0.2) is 24.3 Å². The van der Waals surface area contributed by atoms with E-state index in [2.05, 4.69) is 10.6 Å². The first-order valence-electron chi connectivity index (χ1n) is 6.44. The summed E-state index contributed by atoms with van der Waals surface area (Å²) in [7, 11) is 0. The minimum Gasteiger partial charge on any atom is -0.352 e. The first kappa shape index (κ1) is 13.0. The maximum atomic E-state index is 13.3. The van der Waals surface area contributed by atoms with Crippen LogP contribution in [0.3, 0.4) is 0 Å². The number of rotatable bonds is 6. The summed E-state index contributed by atoms with van der Waals surface area (Å²) in [6.07, 6.45) is 2.77. The van der Waals surface area contributed by atoms with Gasteiger partial charge in [0.15, 0.2) is 0 Å². The molecule has 1 unspecified atom stereocenters. The van der Waals surface area contributed by atoms with E-state index in [0.29, 0.717) is 24.6 Å². The number of hydrogen-bond donors (Lipinski definition) is 2. The molecule has 1 aliphatic rings. The smallest absolute Gasteiger partial charge is 0.237 e. The lowest BCUT2D eigenvalue weighted by Gasteiger charge is -2.13. The van der Waals surface area contributed by atoms with Gasteiger partial charge in [-0.25, -0.2) is 4.39 Å². The molecule has 3 nitrogen and oxygen atoms in total. The van der Waals surface area contributed by atoms with E-state index in [1.807, 2.05) is 13.0 Å². The Kier molecular flexibility index (Phi) is 4.31. The van der Waals surface area contributed by atoms with Gasteiger partial charge in [-0.2, -0.15) is 0 Å². The Balaban J connectivity index is 1.71. The zero-order valence-electron chi connectivity index (χ0n) is 10.6. The minimum atomic E-state index is -0.225. The van der Waals surface area contributed by atoms with Gasteiger partial charge in [-0.05, 0) is 37.8 Å². The Bertz CT molecular complexity index is 418. The number of hydrogen-bond acceptors (Lipinski definition) is 2. The minimum absolute atomic E-state index is 0.0334. The van der Waals surface area contributed by atoms with Gasteiger partial charge in [-0.1, -0.05) is 18.2 Å². The van der Waals surface area contributed by atoms with E-state index < -0.39 is 0 Å². The van der Waals surface area contributed by atoms with Crippen molar-refractivity contribution >= 4 is 5.91 Å². The average Bonchev–Trinajstić information content (AvgIpc) is 3.15. The van der Waals surface area contributed by atoms with Crippen LogP contribution >= 0.6 is 0 Å². The number of halogens is 1. The van der Waals surface area contributed by atoms with Crippen molar-refractivity contribution in [2.45, 2.75) is 38.3 Å². The average molecular weight is 250 g/mol. The second-order valence-electron chi connectivity index (χ2n) is 4.80. The first-order chi connectivity index (χ1) is 8.66. The molecule has 0 radical (unpaired) electrons. The van der Waals surface area contributed by atoms with E-state index in [1.165, 1.54) is 6.07 Å². The summed E-state index contributed by atoms with van der Waals surface area (Å²) < 4.78 is 13.3. The number of carbonyl (C=O) groups is 1. The molecule has 0 aromatic heterocycles. The molecule has 1 fully saturated rings. The number of carbonyl (C=O) groups excluding carboxylic acids is 1. The summed E-state index contributed by atoms with van der Waals surface area (Å²) in [6, 6.07) is 6.88. The van der Waals surface area contributed by atoms with E-state index >= 15 is 0 Å². The molecule has 0 saturated heterocycles. The summed E-state index contributed by atoms with van der Waals surface area (Å²) in [4.78, 5) is 11.7. The van der Waals surface area contributed by atoms with Gasteiger partial charge in [0.25, 0.3) is 0 Å². The quantitative estimate of drug-likeness (QED) is 0.805. The fourth-order valence-corrected chi connectivity index (χ4v) is 1.77. The van der Waals surface area contributed by atoms with E-state index in [1.54, 1.807) is 12.1 Å². The lowest BCUT2D eigenvalue weighted by Crippen LogP contribution is -2.43. The fraction of sp³-hybridized carbons (Fsp3) is 0.500. The van der Waals surface area contributed by atoms with Crippen molar-refractivity contribution in [1.29, 1.82) is 0 Å². The van der Waals surface area contributed by atoms with Crippen molar-refractivity contribution in [3.8, 4) is 0 Å². The molecule has 1 saturated carbocycles. The molecule has 0 heterocycles. The van der Waals surface area contributed by atoms with Crippen LogP contribution in [0.25, 0.3) is 0 Å². The predicted octanol–water partition coefficient (Wildman–Crippen LogP) is 1.62. The van der Waals surface area contributed by atoms with Crippen LogP contribution in [-0.2, 0) is 11.2 Å². The van der Waals surface area contributed by atoms with Crippen LogP contribution < -0.4 is 10.6 Å². The zero-order chi connectivity index (χ0) is 13.0. The van der Waals surface area contributed by atoms with E-state index in [0.717, 1.165) is 12.8 Å². The SMILES string of the molecule is CC(NCCc1ccccc1F)C(=O)NC1CC1. The van der Waals surface area contributed by atoms with Gasteiger partial charge in [0, 0.05) is 12.6 Å². The van der Waals surface area contributed by atoms with Crippen molar-refractivity contribution in [1.82, 2.24) is 10.6 Å². The second-order valence-corrected chi connectivity index (χ2v) is 4.80. The standard InChI is InChI=1S/C14H19FN2O/c1-10(14(18)17-12-6-7-12)16-9-8-11-4-2-3-5-13(11)15/h2-5,10,12,16H,6-9H2,1H3,(H,17,18). The van der Waals surface area contributed by atoms with E-state index in [9.17, 15) is 9.18 Å². The monoisotopic (exact) mass is 250 g/mol. The van der Waals surface area contributed by atoms with Crippen molar-refractivity contribution in [2.24, 2.45) is 0 Å². The van der Waals surface area contributed by atoms with Gasteiger partial charge in [0.05, 0.1) is 6.04 Å². The molecule has 2 rings (SSSR count). The summed E-state index contributed by atoms with van der Waals surface area (Å²) in [5.41, 5.74) is 0.680. The molecule has 1 atom stereocenters. The highest BCUT2D eigenvalue weighted by Crippen LogP contribution is 2.18. The van der Waals surface area contributed by atoms with Gasteiger partial charge in [-0.15, -0.1) is 0 Å². The third-order valence-electron chi connectivity index (χ3n) is 3.12. The van der Waals surface area contributed by atoms with Crippen LogP contribution in [0, 0.1) is 5.82 Å². The Morgan fingerprint density at radius 2 is 2.17 bits per heavy atom. The molecule has 0 bridgehead atoms. The molecule has 1 aromatic carbocycles. The molecule has 0 spiro atoms. The number of amides is 1. The van der Waals surface area contributed by atoms with Crippen LogP contribution in [0.2, 0.25) is 0 Å². The zero-order valence-corrected chi connectivity index (χ0v) is 10.6. The number of nitrogens with one attached hydrogen (secondary N) is 2. The predicted molar refractivity (Wildman–Crippen MR) is 68.7 cm³/mol. The summed E-state index contributed by atoms with van der Waals surface area (Å²) >= 11 is 0. The molecule has 18 heavy (non-hydrogen) atoms. The van der Waals surface area contributed by atoms with E-state index in [4.69, 9.17) is 0 Å². The van der Waals surface area contributed by atoms with Crippen LogP contribution in [0.1, 0.15) is 25.3 Å². The maximum absolute atomic E-state index is 13.3. The first-order valence-corrected chi connectivity index (χ1v) is 6.44. The van der Waals surface area contributed by atoms with Crippen LogP contribution in [0.5, 0.6) is 0 Å². The highest BCUT2D eigenvalue weighted by atomic mass is 19.1. The molecule has 4 heteroatoms. The van der Waals surface area contributed by atoms with Gasteiger partial charge in [0.2, 0.25) is 5.91 Å². The second kappa shape index (κ2) is 5.96. The molecule has 98 valence electrons. The molecule has 2 N–H and O–H groups in total. The van der Waals surface area contributed by atoms with Crippen molar-refractivity contribution in [2.75, 3.05) is 6.54 Å². The normalized spacial score (nSPS) is 16.3. The molecule has 1 aromatic rings. The van der Waals surface area contributed by atoms with Crippen LogP contribution in [0.4, 0.5) is 4.39 Å². The lowest BCUT2D eigenvalue weighted by atomic mass is 10.1. The third-order valence-corrected chi connectivity index (χ3v) is 3.12. The number of benzene rings is 1. The topological polar surface area (TPSA) is 41.1 Å². The molecule has 1 amide bonds. The third kappa shape index (κ3) is 3.81. The summed E-state index contributed by atoms with van der Waals surface area (Å²) in [5.74, 6) is -0.152. The lowest BCUT2D eigenvalue weighted by molar-refractivity contribution is -0.122. The van der Waals surface area contributed by atoms with Crippen LogP contribution in [-0.4, -0.2) is 24.5 Å². The van der Waals surface area contributed by atoms with Crippen molar-refractivity contribution in [3.05, 3.63) is 35.6 Å². The maximum Gasteiger partial charge on any atom is 0.237 e. The van der Waals surface area contributed by atoms with Gasteiger partial charge in [0.1, 0.15) is 5.82 Å².